The van der Waals surface area contributed by atoms with Crippen LogP contribution in [0.2, 0.25) is 0 Å². The predicted molar refractivity (Wildman–Crippen MR) is 88.0 cm³/mol. The van der Waals surface area contributed by atoms with E-state index >= 15 is 0 Å². The molecule has 0 radical (unpaired) electrons. The van der Waals surface area contributed by atoms with Crippen LogP contribution in [0.4, 0.5) is 5.69 Å². The van der Waals surface area contributed by atoms with Gasteiger partial charge in [0.1, 0.15) is 0 Å². The van der Waals surface area contributed by atoms with E-state index in [1.165, 1.54) is 0 Å². The first-order chi connectivity index (χ1) is 9.58. The number of benzene rings is 2. The summed E-state index contributed by atoms with van der Waals surface area (Å²) in [5.74, 6) is -0.0534. The Morgan fingerprint density at radius 1 is 1.10 bits per heavy atom. The number of nitrogens with two attached hydrogens (primary N) is 1. The number of nitrogens with one attached hydrogen (secondary N) is 1. The molecule has 0 saturated carbocycles. The second-order valence-electron chi connectivity index (χ2n) is 4.43. The van der Waals surface area contributed by atoms with Gasteiger partial charge in [-0.1, -0.05) is 22.0 Å². The number of carbonyl (C=O) groups is 1. The minimum absolute atomic E-state index is 0.0534. The summed E-state index contributed by atoms with van der Waals surface area (Å²) in [6.07, 6.45) is 1.73. The van der Waals surface area contributed by atoms with Crippen molar-refractivity contribution in [1.82, 2.24) is 4.98 Å². The first kappa shape index (κ1) is 13.4. The molecular weight excluding hydrogens is 384 g/mol. The highest BCUT2D eigenvalue weighted by Crippen LogP contribution is 2.29. The van der Waals surface area contributed by atoms with Gasteiger partial charge >= 0.3 is 0 Å². The molecule has 100 valence electrons. The van der Waals surface area contributed by atoms with E-state index in [9.17, 15) is 4.79 Å². The number of rotatable bonds is 2. The molecule has 0 atom stereocenters. The Morgan fingerprint density at radius 2 is 1.90 bits per heavy atom. The summed E-state index contributed by atoms with van der Waals surface area (Å²) < 4.78 is 1.68. The van der Waals surface area contributed by atoms with Crippen LogP contribution in [-0.2, 0) is 0 Å². The molecule has 0 saturated heterocycles. The molecule has 3 aromatic rings. The number of fused-ring (bicyclic) bond motifs is 1. The quantitative estimate of drug-likeness (QED) is 0.497. The minimum Gasteiger partial charge on any atom is -0.398 e. The molecule has 0 unspecified atom stereocenters. The van der Waals surface area contributed by atoms with Crippen LogP contribution in [0.1, 0.15) is 15.9 Å². The summed E-state index contributed by atoms with van der Waals surface area (Å²) in [5.41, 5.74) is 8.52. The van der Waals surface area contributed by atoms with Crippen molar-refractivity contribution in [3.63, 3.8) is 0 Å². The number of nitrogen functional groups attached to an aromatic ring is 1. The van der Waals surface area contributed by atoms with Crippen molar-refractivity contribution < 1.29 is 4.79 Å². The van der Waals surface area contributed by atoms with Crippen LogP contribution in [0, 0.1) is 0 Å². The smallest absolute Gasteiger partial charge is 0.195 e. The summed E-state index contributed by atoms with van der Waals surface area (Å²) in [5, 5.41) is 0.888. The van der Waals surface area contributed by atoms with E-state index in [1.54, 1.807) is 24.4 Å². The molecule has 0 spiro atoms. The molecule has 1 heterocycles. The van der Waals surface area contributed by atoms with Crippen LogP contribution in [0.3, 0.4) is 0 Å². The lowest BCUT2D eigenvalue weighted by molar-refractivity contribution is 0.104. The highest BCUT2D eigenvalue weighted by atomic mass is 79.9. The lowest BCUT2D eigenvalue weighted by Crippen LogP contribution is -2.02. The number of carbonyl (C=O) groups excluding carboxylic acids is 1. The number of ketones is 1. The molecule has 0 aliphatic rings. The van der Waals surface area contributed by atoms with E-state index in [0.717, 1.165) is 19.8 Å². The number of hydrogen-bond acceptors (Lipinski definition) is 2. The van der Waals surface area contributed by atoms with Gasteiger partial charge in [0.25, 0.3) is 0 Å². The van der Waals surface area contributed by atoms with E-state index in [0.29, 0.717) is 16.8 Å². The summed E-state index contributed by atoms with van der Waals surface area (Å²) in [7, 11) is 0. The zero-order valence-electron chi connectivity index (χ0n) is 10.3. The normalized spacial score (nSPS) is 10.9. The van der Waals surface area contributed by atoms with Crippen molar-refractivity contribution in [1.29, 1.82) is 0 Å². The topological polar surface area (TPSA) is 58.9 Å². The van der Waals surface area contributed by atoms with Gasteiger partial charge in [-0.2, -0.15) is 0 Å². The van der Waals surface area contributed by atoms with Gasteiger partial charge in [-0.05, 0) is 46.3 Å². The zero-order chi connectivity index (χ0) is 14.3. The van der Waals surface area contributed by atoms with E-state index in [2.05, 4.69) is 36.8 Å². The molecular formula is C15H10Br2N2O. The highest BCUT2D eigenvalue weighted by molar-refractivity contribution is 9.11. The largest absolute Gasteiger partial charge is 0.398 e. The van der Waals surface area contributed by atoms with Crippen molar-refractivity contribution in [2.75, 3.05) is 5.73 Å². The highest BCUT2D eigenvalue weighted by Gasteiger charge is 2.16. The standard InChI is InChI=1S/C15H10Br2N2O/c16-10-5-4-8(6-12(10)18)15(20)9-7-19-13-3-1-2-11(17)14(9)13/h1-7,19H,18H2. The fourth-order valence-corrected chi connectivity index (χ4v) is 2.99. The molecule has 0 aliphatic carbocycles. The lowest BCUT2D eigenvalue weighted by atomic mass is 10.0. The van der Waals surface area contributed by atoms with Gasteiger partial charge in [-0.15, -0.1) is 0 Å². The van der Waals surface area contributed by atoms with Crippen LogP contribution in [0.5, 0.6) is 0 Å². The molecule has 20 heavy (non-hydrogen) atoms. The summed E-state index contributed by atoms with van der Waals surface area (Å²) in [6, 6.07) is 11.0. The first-order valence-corrected chi connectivity index (χ1v) is 7.52. The molecule has 0 aliphatic heterocycles. The molecule has 1 aromatic heterocycles. The third-order valence-corrected chi connectivity index (χ3v) is 4.54. The zero-order valence-corrected chi connectivity index (χ0v) is 13.5. The van der Waals surface area contributed by atoms with Crippen molar-refractivity contribution in [2.24, 2.45) is 0 Å². The first-order valence-electron chi connectivity index (χ1n) is 5.93. The van der Waals surface area contributed by atoms with Crippen molar-refractivity contribution in [3.05, 3.63) is 62.7 Å². The van der Waals surface area contributed by atoms with Gasteiger partial charge < -0.3 is 10.7 Å². The van der Waals surface area contributed by atoms with Crippen molar-refractivity contribution in [2.45, 2.75) is 0 Å². The van der Waals surface area contributed by atoms with Gasteiger partial charge in [0.2, 0.25) is 0 Å². The number of aromatic amines is 1. The predicted octanol–water partition coefficient (Wildman–Crippen LogP) is 4.51. The van der Waals surface area contributed by atoms with Crippen LogP contribution in [0.25, 0.3) is 10.9 Å². The van der Waals surface area contributed by atoms with Crippen LogP contribution in [-0.4, -0.2) is 10.8 Å². The number of anilines is 1. The Balaban J connectivity index is 2.15. The Labute approximate surface area is 132 Å². The van der Waals surface area contributed by atoms with Crippen molar-refractivity contribution in [3.8, 4) is 0 Å². The van der Waals surface area contributed by atoms with Gasteiger partial charge in [-0.25, -0.2) is 0 Å². The van der Waals surface area contributed by atoms with E-state index < -0.39 is 0 Å². The van der Waals surface area contributed by atoms with Gasteiger partial charge in [-0.3, -0.25) is 4.79 Å². The van der Waals surface area contributed by atoms with E-state index in [1.807, 2.05) is 18.2 Å². The number of hydrogen-bond donors (Lipinski definition) is 2. The van der Waals surface area contributed by atoms with Crippen LogP contribution < -0.4 is 5.73 Å². The SMILES string of the molecule is Nc1cc(C(=O)c2c[nH]c3cccc(Br)c23)ccc1Br. The second-order valence-corrected chi connectivity index (χ2v) is 6.14. The maximum atomic E-state index is 12.6. The maximum absolute atomic E-state index is 12.6. The molecule has 5 heteroatoms. The Bertz CT molecular complexity index is 824. The monoisotopic (exact) mass is 392 g/mol. The van der Waals surface area contributed by atoms with Crippen LogP contribution >= 0.6 is 31.9 Å². The molecule has 0 amide bonds. The fraction of sp³-hybridized carbons (Fsp3) is 0. The lowest BCUT2D eigenvalue weighted by Gasteiger charge is -2.04. The maximum Gasteiger partial charge on any atom is 0.195 e. The third-order valence-electron chi connectivity index (χ3n) is 3.16. The van der Waals surface area contributed by atoms with Gasteiger partial charge in [0.15, 0.2) is 5.78 Å². The van der Waals surface area contributed by atoms with E-state index in [-0.39, 0.29) is 5.78 Å². The average molecular weight is 394 g/mol. The molecule has 3 rings (SSSR count). The molecule has 2 aromatic carbocycles. The molecule has 3 nitrogen and oxygen atoms in total. The molecule has 0 fully saturated rings. The summed E-state index contributed by atoms with van der Waals surface area (Å²) >= 11 is 6.82. The Morgan fingerprint density at radius 3 is 2.65 bits per heavy atom. The van der Waals surface area contributed by atoms with Crippen molar-refractivity contribution >= 4 is 54.2 Å². The summed E-state index contributed by atoms with van der Waals surface area (Å²) in [6.45, 7) is 0. The molecule has 0 bridgehead atoms. The number of aromatic nitrogens is 1. The fourth-order valence-electron chi connectivity index (χ4n) is 2.16. The Hall–Kier alpha value is -1.59. The third kappa shape index (κ3) is 2.17. The second kappa shape index (κ2) is 5.07. The number of H-pyrrole nitrogens is 1. The number of halogens is 2. The summed E-state index contributed by atoms with van der Waals surface area (Å²) in [4.78, 5) is 15.7. The minimum atomic E-state index is -0.0534. The molecule has 3 N–H and O–H groups in total. The average Bonchev–Trinajstić information content (AvgIpc) is 2.86. The van der Waals surface area contributed by atoms with Gasteiger partial charge in [0.05, 0.1) is 0 Å². The Kier molecular flexibility index (Phi) is 3.40. The van der Waals surface area contributed by atoms with Crippen LogP contribution in [0.15, 0.2) is 51.5 Å². The van der Waals surface area contributed by atoms with E-state index in [4.69, 9.17) is 5.73 Å². The van der Waals surface area contributed by atoms with Gasteiger partial charge in [0, 0.05) is 42.9 Å².